The second-order valence-electron chi connectivity index (χ2n) is 4.17. The highest BCUT2D eigenvalue weighted by Gasteiger charge is 2.34. The molecule has 1 aliphatic heterocycles. The number of aliphatic carboxylic acids is 1. The minimum absolute atomic E-state index is 0.171. The van der Waals surface area contributed by atoms with Crippen molar-refractivity contribution in [2.75, 3.05) is 13.1 Å². The van der Waals surface area contributed by atoms with Gasteiger partial charge in [-0.3, -0.25) is 19.8 Å². The van der Waals surface area contributed by atoms with Gasteiger partial charge in [0.15, 0.2) is 0 Å². The first-order chi connectivity index (χ1) is 8.99. The van der Waals surface area contributed by atoms with Crippen LogP contribution in [0.4, 0.5) is 4.79 Å². The van der Waals surface area contributed by atoms with Crippen molar-refractivity contribution in [2.45, 2.75) is 12.5 Å². The van der Waals surface area contributed by atoms with Gasteiger partial charge >= 0.3 is 12.0 Å². The van der Waals surface area contributed by atoms with Gasteiger partial charge in [0.25, 0.3) is 0 Å². The maximum absolute atomic E-state index is 11.5. The van der Waals surface area contributed by atoms with Crippen LogP contribution in [0.5, 0.6) is 0 Å². The van der Waals surface area contributed by atoms with E-state index >= 15 is 0 Å². The Kier molecular flexibility index (Phi) is 3.82. The highest BCUT2D eigenvalue weighted by atomic mass is 32.1. The number of fused-ring (bicyclic) bond motifs is 1. The van der Waals surface area contributed by atoms with Crippen molar-refractivity contribution in [2.24, 2.45) is 5.73 Å². The van der Waals surface area contributed by atoms with E-state index in [2.05, 4.69) is 0 Å². The highest BCUT2D eigenvalue weighted by Crippen LogP contribution is 2.33. The van der Waals surface area contributed by atoms with E-state index in [0.29, 0.717) is 13.0 Å². The number of carboxylic acid groups (broad SMARTS) is 1. The summed E-state index contributed by atoms with van der Waals surface area (Å²) in [6.45, 7) is 0.284. The number of nitrogens with two attached hydrogens (primary N) is 1. The van der Waals surface area contributed by atoms with Crippen LogP contribution in [0.1, 0.15) is 16.5 Å². The van der Waals surface area contributed by atoms with E-state index < -0.39 is 23.9 Å². The standard InChI is InChI=1S/C11H13N3O4S/c12-11(18)13-8(15)5-14-3-1-7-6(2-4-19-7)9(14)10(16)17/h2,4,9H,1,3,5H2,(H,16,17)(H3,12,13,15,18). The van der Waals surface area contributed by atoms with Crippen LogP contribution in [0.25, 0.3) is 0 Å². The minimum atomic E-state index is -1.01. The molecule has 8 heteroatoms. The zero-order chi connectivity index (χ0) is 14.0. The summed E-state index contributed by atoms with van der Waals surface area (Å²) in [6, 6.07) is -0.0320. The summed E-state index contributed by atoms with van der Waals surface area (Å²) in [7, 11) is 0. The third-order valence-corrected chi connectivity index (χ3v) is 3.91. The molecule has 2 heterocycles. The first-order valence-electron chi connectivity index (χ1n) is 5.61. The molecule has 1 atom stereocenters. The molecule has 0 aromatic carbocycles. The molecule has 0 fully saturated rings. The number of thiophene rings is 1. The van der Waals surface area contributed by atoms with E-state index in [9.17, 15) is 19.5 Å². The third-order valence-electron chi connectivity index (χ3n) is 2.91. The van der Waals surface area contributed by atoms with E-state index in [1.54, 1.807) is 6.07 Å². The van der Waals surface area contributed by atoms with Crippen LogP contribution >= 0.6 is 11.3 Å². The van der Waals surface area contributed by atoms with Crippen LogP contribution in [0.3, 0.4) is 0 Å². The van der Waals surface area contributed by atoms with E-state index in [4.69, 9.17) is 5.73 Å². The molecule has 0 radical (unpaired) electrons. The maximum atomic E-state index is 11.5. The molecule has 19 heavy (non-hydrogen) atoms. The molecule has 1 unspecified atom stereocenters. The largest absolute Gasteiger partial charge is 0.480 e. The summed E-state index contributed by atoms with van der Waals surface area (Å²) in [5, 5.41) is 13.1. The molecule has 3 amide bonds. The molecule has 0 bridgehead atoms. The SMILES string of the molecule is NC(=O)NC(=O)CN1CCc2sccc2C1C(=O)O. The van der Waals surface area contributed by atoms with Gasteiger partial charge in [-0.25, -0.2) is 4.79 Å². The summed E-state index contributed by atoms with van der Waals surface area (Å²) in [5.41, 5.74) is 5.57. The first-order valence-corrected chi connectivity index (χ1v) is 6.49. The van der Waals surface area contributed by atoms with Crippen LogP contribution in [0.15, 0.2) is 11.4 Å². The van der Waals surface area contributed by atoms with Crippen LogP contribution in [0, 0.1) is 0 Å². The van der Waals surface area contributed by atoms with Crippen molar-refractivity contribution in [3.05, 3.63) is 21.9 Å². The summed E-state index contributed by atoms with van der Waals surface area (Å²) in [6.07, 6.45) is 0.695. The molecular formula is C11H13N3O4S. The lowest BCUT2D eigenvalue weighted by Crippen LogP contribution is -2.47. The van der Waals surface area contributed by atoms with Crippen molar-refractivity contribution in [1.82, 2.24) is 10.2 Å². The number of nitrogens with one attached hydrogen (secondary N) is 1. The van der Waals surface area contributed by atoms with E-state index in [-0.39, 0.29) is 6.54 Å². The minimum Gasteiger partial charge on any atom is -0.480 e. The number of hydrogen-bond donors (Lipinski definition) is 3. The molecule has 1 aliphatic rings. The summed E-state index contributed by atoms with van der Waals surface area (Å²) in [5.74, 6) is -1.61. The molecule has 1 aromatic heterocycles. The highest BCUT2D eigenvalue weighted by molar-refractivity contribution is 7.10. The van der Waals surface area contributed by atoms with Gasteiger partial charge in [-0.1, -0.05) is 0 Å². The zero-order valence-corrected chi connectivity index (χ0v) is 10.8. The van der Waals surface area contributed by atoms with Crippen molar-refractivity contribution in [3.63, 3.8) is 0 Å². The fourth-order valence-corrected chi connectivity index (χ4v) is 3.09. The number of imide groups is 1. The molecule has 0 spiro atoms. The van der Waals surface area contributed by atoms with Crippen LogP contribution in [0.2, 0.25) is 0 Å². The van der Waals surface area contributed by atoms with Crippen molar-refractivity contribution >= 4 is 29.2 Å². The van der Waals surface area contributed by atoms with Gasteiger partial charge in [0.2, 0.25) is 5.91 Å². The van der Waals surface area contributed by atoms with Gasteiger partial charge in [0.05, 0.1) is 6.54 Å². The lowest BCUT2D eigenvalue weighted by molar-refractivity contribution is -0.144. The van der Waals surface area contributed by atoms with Gasteiger partial charge in [0.1, 0.15) is 6.04 Å². The Balaban J connectivity index is 2.15. The third kappa shape index (κ3) is 2.91. The summed E-state index contributed by atoms with van der Waals surface area (Å²) in [4.78, 5) is 36.0. The Morgan fingerprint density at radius 3 is 2.89 bits per heavy atom. The lowest BCUT2D eigenvalue weighted by atomic mass is 10.00. The monoisotopic (exact) mass is 283 g/mol. The average Bonchev–Trinajstić information content (AvgIpc) is 2.74. The maximum Gasteiger partial charge on any atom is 0.325 e. The smallest absolute Gasteiger partial charge is 0.325 e. The Morgan fingerprint density at radius 2 is 2.26 bits per heavy atom. The van der Waals surface area contributed by atoms with E-state index in [0.717, 1.165) is 10.4 Å². The van der Waals surface area contributed by atoms with E-state index in [1.807, 2.05) is 10.7 Å². The van der Waals surface area contributed by atoms with Gasteiger partial charge in [-0.05, 0) is 23.4 Å². The molecule has 2 rings (SSSR count). The lowest BCUT2D eigenvalue weighted by Gasteiger charge is -2.32. The summed E-state index contributed by atoms with van der Waals surface area (Å²) < 4.78 is 0. The normalized spacial score (nSPS) is 18.6. The number of carbonyl (C=O) groups is 3. The van der Waals surface area contributed by atoms with Gasteiger partial charge in [0, 0.05) is 11.4 Å². The number of amides is 3. The number of primary amides is 1. The zero-order valence-electron chi connectivity index (χ0n) is 9.96. The molecule has 0 saturated carbocycles. The number of rotatable bonds is 3. The number of nitrogens with zero attached hydrogens (tertiary/aromatic N) is 1. The number of carboxylic acids is 1. The number of urea groups is 1. The van der Waals surface area contributed by atoms with Crippen molar-refractivity contribution < 1.29 is 19.5 Å². The predicted octanol–water partition coefficient (Wildman–Crippen LogP) is -0.0732. The number of hydrogen-bond acceptors (Lipinski definition) is 5. The van der Waals surface area contributed by atoms with Gasteiger partial charge in [-0.15, -0.1) is 11.3 Å². The van der Waals surface area contributed by atoms with Gasteiger partial charge in [-0.2, -0.15) is 0 Å². The van der Waals surface area contributed by atoms with Crippen LogP contribution in [-0.4, -0.2) is 41.0 Å². The number of carbonyl (C=O) groups excluding carboxylic acids is 2. The molecular weight excluding hydrogens is 270 g/mol. The van der Waals surface area contributed by atoms with Crippen LogP contribution < -0.4 is 11.1 Å². The second kappa shape index (κ2) is 5.37. The fourth-order valence-electron chi connectivity index (χ4n) is 2.19. The van der Waals surface area contributed by atoms with Crippen LogP contribution in [-0.2, 0) is 16.0 Å². The van der Waals surface area contributed by atoms with Crippen molar-refractivity contribution in [1.29, 1.82) is 0 Å². The Morgan fingerprint density at radius 1 is 1.53 bits per heavy atom. The molecule has 0 aliphatic carbocycles. The summed E-state index contributed by atoms with van der Waals surface area (Å²) >= 11 is 1.51. The Hall–Kier alpha value is -1.93. The van der Waals surface area contributed by atoms with Gasteiger partial charge < -0.3 is 10.8 Å². The first kappa shape index (κ1) is 13.5. The second-order valence-corrected chi connectivity index (χ2v) is 5.17. The Labute approximate surface area is 113 Å². The molecule has 4 N–H and O–H groups in total. The fraction of sp³-hybridized carbons (Fsp3) is 0.364. The van der Waals surface area contributed by atoms with Crippen molar-refractivity contribution in [3.8, 4) is 0 Å². The quantitative estimate of drug-likeness (QED) is 0.718. The molecule has 0 saturated heterocycles. The Bertz CT molecular complexity index is 528. The average molecular weight is 283 g/mol. The molecule has 102 valence electrons. The topological polar surface area (TPSA) is 113 Å². The molecule has 7 nitrogen and oxygen atoms in total. The molecule has 1 aromatic rings. The predicted molar refractivity (Wildman–Crippen MR) is 67.7 cm³/mol. The van der Waals surface area contributed by atoms with E-state index in [1.165, 1.54) is 16.2 Å².